The van der Waals surface area contributed by atoms with Crippen molar-refractivity contribution in [2.24, 2.45) is 5.10 Å². The Bertz CT molecular complexity index is 1960. The molecule has 0 radical (unpaired) electrons. The van der Waals surface area contributed by atoms with Crippen molar-refractivity contribution in [3.05, 3.63) is 112 Å². The molecule has 246 valence electrons. The van der Waals surface area contributed by atoms with Crippen LogP contribution in [0.5, 0.6) is 17.2 Å². The first kappa shape index (κ1) is 32.8. The number of para-hydroxylation sites is 3. The van der Waals surface area contributed by atoms with Crippen LogP contribution in [0.2, 0.25) is 0 Å². The minimum absolute atomic E-state index is 0.0208. The number of rotatable bonds is 12. The number of nitrogens with one attached hydrogen (secondary N) is 1. The van der Waals surface area contributed by atoms with E-state index in [2.05, 4.69) is 15.5 Å². The fourth-order valence-corrected chi connectivity index (χ4v) is 7.09. The molecule has 0 fully saturated rings. The Kier molecular flexibility index (Phi) is 10.1. The van der Waals surface area contributed by atoms with Gasteiger partial charge in [-0.25, -0.2) is 5.01 Å². The zero-order valence-corrected chi connectivity index (χ0v) is 28.5. The number of ether oxygens (including phenoxy) is 3. The van der Waals surface area contributed by atoms with Gasteiger partial charge in [-0.3, -0.25) is 14.2 Å². The first-order valence-corrected chi connectivity index (χ1v) is 17.0. The molecule has 1 atom stereocenters. The van der Waals surface area contributed by atoms with Gasteiger partial charge in [-0.05, 0) is 48.7 Å². The molecule has 5 aromatic rings. The molecule has 3 heterocycles. The maximum absolute atomic E-state index is 14.0. The Labute approximate surface area is 286 Å². The predicted octanol–water partition coefficient (Wildman–Crippen LogP) is 6.06. The maximum atomic E-state index is 14.0. The molecule has 0 aliphatic carbocycles. The molecule has 1 N–H and O–H groups in total. The van der Waals surface area contributed by atoms with Gasteiger partial charge in [-0.1, -0.05) is 59.8 Å². The first-order chi connectivity index (χ1) is 23.4. The number of hydrogen-bond donors (Lipinski definition) is 1. The summed E-state index contributed by atoms with van der Waals surface area (Å²) < 4.78 is 18.8. The van der Waals surface area contributed by atoms with E-state index in [0.29, 0.717) is 45.9 Å². The molecule has 6 rings (SSSR count). The van der Waals surface area contributed by atoms with Gasteiger partial charge in [-0.15, -0.1) is 21.5 Å². The highest BCUT2D eigenvalue weighted by Crippen LogP contribution is 2.42. The number of thioether (sulfide) groups is 1. The lowest BCUT2D eigenvalue weighted by Crippen LogP contribution is -2.29. The monoisotopic (exact) mass is 682 g/mol. The van der Waals surface area contributed by atoms with E-state index in [1.807, 2.05) is 85.1 Å². The Morgan fingerprint density at radius 2 is 1.73 bits per heavy atom. The van der Waals surface area contributed by atoms with E-state index >= 15 is 0 Å². The number of carbonyl (C=O) groups excluding carboxylic acids is 2. The highest BCUT2D eigenvalue weighted by Gasteiger charge is 2.36. The second kappa shape index (κ2) is 14.7. The van der Waals surface area contributed by atoms with E-state index in [9.17, 15) is 9.59 Å². The van der Waals surface area contributed by atoms with Crippen LogP contribution in [-0.4, -0.2) is 64.4 Å². The second-order valence-electron chi connectivity index (χ2n) is 10.8. The van der Waals surface area contributed by atoms with Gasteiger partial charge in [0, 0.05) is 17.5 Å². The highest BCUT2D eigenvalue weighted by molar-refractivity contribution is 7.99. The molecule has 48 heavy (non-hydrogen) atoms. The number of aromatic nitrogens is 3. The van der Waals surface area contributed by atoms with Crippen LogP contribution >= 0.6 is 23.1 Å². The van der Waals surface area contributed by atoms with E-state index in [0.717, 1.165) is 21.7 Å². The number of amides is 2. The van der Waals surface area contributed by atoms with E-state index in [4.69, 9.17) is 19.3 Å². The van der Waals surface area contributed by atoms with Gasteiger partial charge in [0.1, 0.15) is 5.75 Å². The number of aryl methyl sites for hydroxylation is 1. The molecule has 11 nitrogen and oxygen atoms in total. The third-order valence-electron chi connectivity index (χ3n) is 7.80. The van der Waals surface area contributed by atoms with Crippen LogP contribution in [-0.2, 0) is 11.3 Å². The zero-order chi connectivity index (χ0) is 33.6. The Morgan fingerprint density at radius 1 is 0.938 bits per heavy atom. The van der Waals surface area contributed by atoms with Gasteiger partial charge in [0.25, 0.3) is 11.8 Å². The molecule has 0 unspecified atom stereocenters. The number of hydrogen-bond acceptors (Lipinski definition) is 10. The Morgan fingerprint density at radius 3 is 2.48 bits per heavy atom. The molecule has 0 saturated heterocycles. The molecule has 0 saturated carbocycles. The number of benzene rings is 3. The predicted molar refractivity (Wildman–Crippen MR) is 186 cm³/mol. The summed E-state index contributed by atoms with van der Waals surface area (Å²) in [4.78, 5) is 28.0. The van der Waals surface area contributed by atoms with Crippen molar-refractivity contribution in [1.29, 1.82) is 0 Å². The van der Waals surface area contributed by atoms with E-state index in [-0.39, 0.29) is 24.1 Å². The van der Waals surface area contributed by atoms with Crippen molar-refractivity contribution < 1.29 is 23.8 Å². The smallest absolute Gasteiger partial charge is 0.253 e. The van der Waals surface area contributed by atoms with E-state index < -0.39 is 6.04 Å². The van der Waals surface area contributed by atoms with Crippen molar-refractivity contribution in [3.8, 4) is 22.9 Å². The highest BCUT2D eigenvalue weighted by atomic mass is 32.2. The maximum Gasteiger partial charge on any atom is 0.253 e. The van der Waals surface area contributed by atoms with Gasteiger partial charge >= 0.3 is 0 Å². The number of hydrazone groups is 1. The van der Waals surface area contributed by atoms with Crippen molar-refractivity contribution in [2.75, 3.05) is 27.1 Å². The van der Waals surface area contributed by atoms with Crippen LogP contribution in [0.15, 0.2) is 94.5 Å². The largest absolute Gasteiger partial charge is 0.495 e. The molecule has 1 aliphatic rings. The van der Waals surface area contributed by atoms with Gasteiger partial charge in [0.15, 0.2) is 22.5 Å². The molecule has 0 spiro atoms. The SMILES string of the molecule is COc1ccccc1-n1c(CNC(=O)c2cccc(C)c2)nnc1SCC(=O)N1N=C(c2cccs2)C[C@@H]1c1cccc(OC)c1OC. The minimum atomic E-state index is -0.403. The van der Waals surface area contributed by atoms with Crippen LogP contribution in [0.1, 0.15) is 44.6 Å². The fraction of sp³-hybridized carbons (Fsp3) is 0.229. The lowest BCUT2D eigenvalue weighted by molar-refractivity contribution is -0.130. The van der Waals surface area contributed by atoms with Gasteiger partial charge < -0.3 is 19.5 Å². The zero-order valence-electron chi connectivity index (χ0n) is 26.9. The minimum Gasteiger partial charge on any atom is -0.495 e. The normalized spacial score (nSPS) is 14.0. The number of thiophene rings is 1. The quantitative estimate of drug-likeness (QED) is 0.158. The third-order valence-corrected chi connectivity index (χ3v) is 9.63. The van der Waals surface area contributed by atoms with E-state index in [1.165, 1.54) is 16.8 Å². The topological polar surface area (TPSA) is 120 Å². The van der Waals surface area contributed by atoms with Gasteiger partial charge in [0.2, 0.25) is 0 Å². The molecular weight excluding hydrogens is 649 g/mol. The molecule has 13 heteroatoms. The third kappa shape index (κ3) is 6.78. The first-order valence-electron chi connectivity index (χ1n) is 15.1. The van der Waals surface area contributed by atoms with Crippen molar-refractivity contribution in [1.82, 2.24) is 25.1 Å². The summed E-state index contributed by atoms with van der Waals surface area (Å²) in [5, 5.41) is 20.6. The Hall–Kier alpha value is -5.14. The average molecular weight is 683 g/mol. The summed E-state index contributed by atoms with van der Waals surface area (Å²) in [5.74, 6) is 1.78. The molecule has 1 aliphatic heterocycles. The molecular formula is C35H34N6O5S2. The molecule has 2 amide bonds. The van der Waals surface area contributed by atoms with Crippen LogP contribution in [0, 0.1) is 6.92 Å². The lowest BCUT2D eigenvalue weighted by Gasteiger charge is -2.24. The number of methoxy groups -OCH3 is 3. The molecule has 0 bridgehead atoms. The fourth-order valence-electron chi connectivity index (χ4n) is 5.55. The summed E-state index contributed by atoms with van der Waals surface area (Å²) in [6.45, 7) is 2.04. The Balaban J connectivity index is 1.28. The average Bonchev–Trinajstić information content (AvgIpc) is 3.89. The summed E-state index contributed by atoms with van der Waals surface area (Å²) in [7, 11) is 4.76. The standard InChI is InChI=1S/C35H34N6O5S2/c1-22-10-7-11-23(18-22)34(43)36-20-31-37-38-35(40(31)26-13-5-6-14-28(26)44-2)48-21-32(42)41-27(19-25(39-41)30-16-9-17-47-30)24-12-8-15-29(45-3)33(24)46-4/h5-18,27H,19-21H2,1-4H3,(H,36,43)/t27-/m1/s1. The van der Waals surface area contributed by atoms with Crippen LogP contribution in [0.25, 0.3) is 5.69 Å². The van der Waals surface area contributed by atoms with Crippen molar-refractivity contribution >= 4 is 40.6 Å². The number of carbonyl (C=O) groups is 2. The van der Waals surface area contributed by atoms with Crippen molar-refractivity contribution in [2.45, 2.75) is 31.1 Å². The number of nitrogens with zero attached hydrogens (tertiary/aromatic N) is 5. The van der Waals surface area contributed by atoms with Crippen LogP contribution in [0.4, 0.5) is 0 Å². The van der Waals surface area contributed by atoms with Crippen molar-refractivity contribution in [3.63, 3.8) is 0 Å². The van der Waals surface area contributed by atoms with E-state index in [1.54, 1.807) is 43.3 Å². The second-order valence-corrected chi connectivity index (χ2v) is 12.7. The summed E-state index contributed by atoms with van der Waals surface area (Å²) in [6, 6.07) is 24.0. The van der Waals surface area contributed by atoms with Gasteiger partial charge in [-0.2, -0.15) is 5.10 Å². The summed E-state index contributed by atoms with van der Waals surface area (Å²) in [6.07, 6.45) is 0.516. The van der Waals surface area contributed by atoms with Crippen LogP contribution in [0.3, 0.4) is 0 Å². The molecule has 2 aromatic heterocycles. The van der Waals surface area contributed by atoms with Gasteiger partial charge in [0.05, 0.1) is 55.9 Å². The molecule has 3 aromatic carbocycles. The summed E-state index contributed by atoms with van der Waals surface area (Å²) >= 11 is 2.81. The summed E-state index contributed by atoms with van der Waals surface area (Å²) in [5.41, 5.74) is 3.84. The lowest BCUT2D eigenvalue weighted by atomic mass is 9.99. The van der Waals surface area contributed by atoms with Crippen LogP contribution < -0.4 is 19.5 Å².